The number of hydrogen-bond donors (Lipinski definition) is 4. The number of rotatable bonds is 7. The number of hydrogen-bond acceptors (Lipinski definition) is 5. The average Bonchev–Trinajstić information content (AvgIpc) is 3.09. The third-order valence-corrected chi connectivity index (χ3v) is 5.22. The van der Waals surface area contributed by atoms with E-state index in [1.807, 2.05) is 4.90 Å². The van der Waals surface area contributed by atoms with Crippen LogP contribution in [-0.4, -0.2) is 74.9 Å². The molecular weight excluding hydrogens is 392 g/mol. The van der Waals surface area contributed by atoms with Crippen molar-refractivity contribution in [1.29, 1.82) is 0 Å². The summed E-state index contributed by atoms with van der Waals surface area (Å²) in [4.78, 5) is 52.6. The molecule has 1 aromatic carbocycles. The molecule has 1 saturated heterocycles. The Hall–Kier alpha value is -3.40. The van der Waals surface area contributed by atoms with Crippen molar-refractivity contribution in [2.75, 3.05) is 31.5 Å². The molecule has 2 aromatic rings. The minimum Gasteiger partial charge on any atom is -0.481 e. The van der Waals surface area contributed by atoms with E-state index < -0.39 is 23.9 Å². The molecule has 30 heavy (non-hydrogen) atoms. The number of aliphatic carboxylic acids is 2. The lowest BCUT2D eigenvalue weighted by Gasteiger charge is -2.37. The standard InChI is InChI=1S/C20H24N4O6/c1-12(25)23-6-8-24(9-7-23)19(20(29)30)15-11-21-16-10-13(2-3-14(15)16)22-17(26)4-5-18(27)28/h2-3,10-11,19,21H,4-9H2,1H3,(H,22,26)(H,27,28)(H,29,30)/t19-/m0/s1. The summed E-state index contributed by atoms with van der Waals surface area (Å²) in [5, 5.41) is 21.9. The molecule has 0 saturated carbocycles. The fourth-order valence-electron chi connectivity index (χ4n) is 3.68. The van der Waals surface area contributed by atoms with Crippen LogP contribution in [0.25, 0.3) is 10.9 Å². The van der Waals surface area contributed by atoms with Gasteiger partial charge in [0.05, 0.1) is 6.42 Å². The van der Waals surface area contributed by atoms with Crippen LogP contribution in [0.2, 0.25) is 0 Å². The molecule has 3 rings (SSSR count). The molecule has 0 bridgehead atoms. The number of nitrogens with one attached hydrogen (secondary N) is 2. The van der Waals surface area contributed by atoms with E-state index in [1.165, 1.54) is 6.92 Å². The molecule has 1 aromatic heterocycles. The van der Waals surface area contributed by atoms with Crippen molar-refractivity contribution in [3.05, 3.63) is 30.0 Å². The Kier molecular flexibility index (Phi) is 6.36. The third-order valence-electron chi connectivity index (χ3n) is 5.22. The maximum Gasteiger partial charge on any atom is 0.325 e. The SMILES string of the molecule is CC(=O)N1CCN([C@H](C(=O)O)c2c[nH]c3cc(NC(=O)CCC(=O)O)ccc23)CC1. The van der Waals surface area contributed by atoms with Crippen molar-refractivity contribution in [3.63, 3.8) is 0 Å². The normalized spacial score (nSPS) is 15.7. The van der Waals surface area contributed by atoms with E-state index in [0.29, 0.717) is 42.9 Å². The average molecular weight is 416 g/mol. The highest BCUT2D eigenvalue weighted by Gasteiger charge is 2.32. The predicted octanol–water partition coefficient (Wildman–Crippen LogP) is 1.26. The zero-order valence-electron chi connectivity index (χ0n) is 16.6. The molecule has 160 valence electrons. The second kappa shape index (κ2) is 8.95. The second-order valence-corrected chi connectivity index (χ2v) is 7.23. The van der Waals surface area contributed by atoms with Crippen LogP contribution in [0.15, 0.2) is 24.4 Å². The molecule has 10 heteroatoms. The number of aromatic amines is 1. The Morgan fingerprint density at radius 1 is 1.10 bits per heavy atom. The van der Waals surface area contributed by atoms with Crippen molar-refractivity contribution in [3.8, 4) is 0 Å². The van der Waals surface area contributed by atoms with Gasteiger partial charge in [0.25, 0.3) is 0 Å². The first-order chi connectivity index (χ1) is 14.3. The Morgan fingerprint density at radius 2 is 1.80 bits per heavy atom. The van der Waals surface area contributed by atoms with E-state index in [0.717, 1.165) is 5.39 Å². The van der Waals surface area contributed by atoms with Crippen molar-refractivity contribution in [2.45, 2.75) is 25.8 Å². The summed E-state index contributed by atoms with van der Waals surface area (Å²) in [6, 6.07) is 4.22. The first-order valence-electron chi connectivity index (χ1n) is 9.61. The van der Waals surface area contributed by atoms with Crippen molar-refractivity contribution in [2.24, 2.45) is 0 Å². The topological polar surface area (TPSA) is 143 Å². The number of carbonyl (C=O) groups excluding carboxylic acids is 2. The molecule has 1 aliphatic rings. The lowest BCUT2D eigenvalue weighted by molar-refractivity contribution is -0.145. The summed E-state index contributed by atoms with van der Waals surface area (Å²) >= 11 is 0. The van der Waals surface area contributed by atoms with E-state index >= 15 is 0 Å². The molecule has 2 heterocycles. The van der Waals surface area contributed by atoms with Crippen molar-refractivity contribution in [1.82, 2.24) is 14.8 Å². The lowest BCUT2D eigenvalue weighted by atomic mass is 10.0. The van der Waals surface area contributed by atoms with Crippen LogP contribution in [0.3, 0.4) is 0 Å². The summed E-state index contributed by atoms with van der Waals surface area (Å²) in [5.74, 6) is -2.45. The van der Waals surface area contributed by atoms with Crippen LogP contribution in [-0.2, 0) is 19.2 Å². The Balaban J connectivity index is 1.78. The predicted molar refractivity (Wildman–Crippen MR) is 108 cm³/mol. The molecule has 1 aliphatic heterocycles. The molecule has 4 N–H and O–H groups in total. The van der Waals surface area contributed by atoms with Gasteiger partial charge in [0.2, 0.25) is 11.8 Å². The number of H-pyrrole nitrogens is 1. The summed E-state index contributed by atoms with van der Waals surface area (Å²) in [5.41, 5.74) is 1.76. The van der Waals surface area contributed by atoms with E-state index in [2.05, 4.69) is 10.3 Å². The molecule has 0 radical (unpaired) electrons. The summed E-state index contributed by atoms with van der Waals surface area (Å²) in [7, 11) is 0. The van der Waals surface area contributed by atoms with Gasteiger partial charge in [-0.15, -0.1) is 0 Å². The van der Waals surface area contributed by atoms with Crippen LogP contribution >= 0.6 is 0 Å². The highest BCUT2D eigenvalue weighted by Crippen LogP contribution is 2.31. The van der Waals surface area contributed by atoms with Gasteiger partial charge in [-0.25, -0.2) is 0 Å². The Bertz CT molecular complexity index is 977. The highest BCUT2D eigenvalue weighted by atomic mass is 16.4. The number of carboxylic acids is 2. The number of carboxylic acid groups (broad SMARTS) is 2. The van der Waals surface area contributed by atoms with Gasteiger partial charge in [0, 0.05) is 67.9 Å². The summed E-state index contributed by atoms with van der Waals surface area (Å²) < 4.78 is 0. The molecule has 10 nitrogen and oxygen atoms in total. The van der Waals surface area contributed by atoms with E-state index in [1.54, 1.807) is 29.3 Å². The van der Waals surface area contributed by atoms with Gasteiger partial charge in [0.1, 0.15) is 6.04 Å². The number of amides is 2. The fourth-order valence-corrected chi connectivity index (χ4v) is 3.68. The number of fused-ring (bicyclic) bond motifs is 1. The zero-order chi connectivity index (χ0) is 21.8. The van der Waals surface area contributed by atoms with Gasteiger partial charge in [-0.1, -0.05) is 6.07 Å². The summed E-state index contributed by atoms with van der Waals surface area (Å²) in [6.07, 6.45) is 1.27. The summed E-state index contributed by atoms with van der Waals surface area (Å²) in [6.45, 7) is 3.38. The maximum atomic E-state index is 12.1. The zero-order valence-corrected chi connectivity index (χ0v) is 16.6. The van der Waals surface area contributed by atoms with Crippen molar-refractivity contribution < 1.29 is 29.4 Å². The highest BCUT2D eigenvalue weighted by molar-refractivity contribution is 5.96. The molecule has 1 fully saturated rings. The third kappa shape index (κ3) is 4.77. The molecule has 0 unspecified atom stereocenters. The van der Waals surface area contributed by atoms with Crippen LogP contribution in [0.5, 0.6) is 0 Å². The maximum absolute atomic E-state index is 12.1. The van der Waals surface area contributed by atoms with E-state index in [9.17, 15) is 24.3 Å². The number of nitrogens with zero attached hydrogens (tertiary/aromatic N) is 2. The van der Waals surface area contributed by atoms with E-state index in [-0.39, 0.29) is 18.7 Å². The smallest absolute Gasteiger partial charge is 0.325 e. The van der Waals surface area contributed by atoms with Gasteiger partial charge in [-0.05, 0) is 12.1 Å². The van der Waals surface area contributed by atoms with Crippen LogP contribution in [0, 0.1) is 0 Å². The molecule has 0 aliphatic carbocycles. The first-order valence-corrected chi connectivity index (χ1v) is 9.61. The Labute approximate surface area is 172 Å². The van der Waals surface area contributed by atoms with Crippen LogP contribution in [0.1, 0.15) is 31.4 Å². The molecule has 2 amide bonds. The minimum absolute atomic E-state index is 0.0217. The number of aromatic nitrogens is 1. The fraction of sp³-hybridized carbons (Fsp3) is 0.400. The van der Waals surface area contributed by atoms with Crippen LogP contribution < -0.4 is 5.32 Å². The van der Waals surface area contributed by atoms with Gasteiger partial charge >= 0.3 is 11.9 Å². The number of benzene rings is 1. The molecular formula is C20H24N4O6. The number of carbonyl (C=O) groups is 4. The molecule has 1 atom stereocenters. The quantitative estimate of drug-likeness (QED) is 0.532. The minimum atomic E-state index is -1.04. The van der Waals surface area contributed by atoms with E-state index in [4.69, 9.17) is 5.11 Å². The monoisotopic (exact) mass is 416 g/mol. The van der Waals surface area contributed by atoms with Crippen LogP contribution in [0.4, 0.5) is 5.69 Å². The van der Waals surface area contributed by atoms with Gasteiger partial charge in [-0.2, -0.15) is 0 Å². The van der Waals surface area contributed by atoms with Gasteiger partial charge < -0.3 is 25.4 Å². The second-order valence-electron chi connectivity index (χ2n) is 7.23. The number of anilines is 1. The Morgan fingerprint density at radius 3 is 2.40 bits per heavy atom. The largest absolute Gasteiger partial charge is 0.481 e. The number of piperazine rings is 1. The van der Waals surface area contributed by atoms with Crippen molar-refractivity contribution >= 4 is 40.3 Å². The lowest BCUT2D eigenvalue weighted by Crippen LogP contribution is -2.50. The first kappa shape index (κ1) is 21.3. The molecule has 0 spiro atoms. The van der Waals surface area contributed by atoms with Gasteiger partial charge in [-0.3, -0.25) is 24.1 Å². The van der Waals surface area contributed by atoms with Gasteiger partial charge in [0.15, 0.2) is 0 Å².